The fraction of sp³-hybridized carbons (Fsp3) is 0.222. The van der Waals surface area contributed by atoms with Crippen LogP contribution in [0.1, 0.15) is 12.5 Å². The topological polar surface area (TPSA) is 68.0 Å². The van der Waals surface area contributed by atoms with Crippen molar-refractivity contribution in [1.82, 2.24) is 6.15 Å². The van der Waals surface area contributed by atoms with Crippen LogP contribution in [0.4, 0.5) is 0 Å². The molecule has 0 radical (unpaired) electrons. The zero-order chi connectivity index (χ0) is 10.8. The van der Waals surface area contributed by atoms with Crippen molar-refractivity contribution < 1.29 is 21.2 Å². The van der Waals surface area contributed by atoms with Crippen LogP contribution in [0.15, 0.2) is 24.3 Å². The van der Waals surface area contributed by atoms with Crippen LogP contribution >= 0.6 is 18.8 Å². The van der Waals surface area contributed by atoms with Gasteiger partial charge in [0.2, 0.25) is 0 Å². The molecule has 0 spiro atoms. The zero-order valence-electron chi connectivity index (χ0n) is 8.15. The van der Waals surface area contributed by atoms with Gasteiger partial charge in [-0.3, -0.25) is 0 Å². The molecule has 0 atom stereocenters. The Bertz CT molecular complexity index is 304. The van der Waals surface area contributed by atoms with Gasteiger partial charge in [0.05, 0.1) is 12.2 Å². The van der Waals surface area contributed by atoms with Gasteiger partial charge in [-0.05, 0) is 19.1 Å². The summed E-state index contributed by atoms with van der Waals surface area (Å²) >= 11 is -0.472. The first kappa shape index (κ1) is 17.1. The number of rotatable bonds is 2. The summed E-state index contributed by atoms with van der Waals surface area (Å²) in [4.78, 5) is 0. The van der Waals surface area contributed by atoms with E-state index in [4.69, 9.17) is 28.8 Å². The van der Waals surface area contributed by atoms with Crippen LogP contribution in [0, 0.1) is 11.3 Å². The summed E-state index contributed by atoms with van der Waals surface area (Å²) in [7, 11) is 9.75. The summed E-state index contributed by atoms with van der Waals surface area (Å²) in [6.45, 7) is 2.49. The Morgan fingerprint density at radius 2 is 1.93 bits per heavy atom. The van der Waals surface area contributed by atoms with Crippen LogP contribution < -0.4 is 10.9 Å². The average Bonchev–Trinajstić information content (AvgIpc) is 2.20. The van der Waals surface area contributed by atoms with E-state index in [0.717, 1.165) is 0 Å². The molecule has 0 saturated carbocycles. The molecule has 0 fully saturated rings. The molecular weight excluding hydrogens is 418 g/mol. The van der Waals surface area contributed by atoms with Gasteiger partial charge < -0.3 is 10.9 Å². The van der Waals surface area contributed by atoms with E-state index in [-0.39, 0.29) is 6.15 Å². The van der Waals surface area contributed by atoms with E-state index in [9.17, 15) is 0 Å². The normalized spacial score (nSPS) is 7.87. The fourth-order valence-electron chi connectivity index (χ4n) is 0.840. The van der Waals surface area contributed by atoms with Gasteiger partial charge in [0, 0.05) is 0 Å². The van der Waals surface area contributed by atoms with Crippen LogP contribution in [-0.4, -0.2) is 6.61 Å². The predicted molar refractivity (Wildman–Crippen MR) is 59.1 cm³/mol. The average molecular weight is 430 g/mol. The Hall–Kier alpha value is -0.262. The van der Waals surface area contributed by atoms with E-state index in [1.807, 2.05) is 19.1 Å². The standard InChI is InChI=1S/C9H9NO.2ClH.H3N.Pt/c1-2-11-9-6-4-3-5-8(9)7-10;;;;/h3-6H,2H2,1H3;2*1H;1H3;/q;;;;+2/p-2. The molecule has 1 aromatic rings. The van der Waals surface area contributed by atoms with Crippen molar-refractivity contribution in [2.75, 3.05) is 6.61 Å². The molecule has 0 aromatic heterocycles. The number of benzene rings is 1. The summed E-state index contributed by atoms with van der Waals surface area (Å²) < 4.78 is 5.21. The van der Waals surface area contributed by atoms with E-state index in [1.54, 1.807) is 12.1 Å². The van der Waals surface area contributed by atoms with Crippen LogP contribution in [0.25, 0.3) is 0 Å². The molecule has 88 valence electrons. The summed E-state index contributed by atoms with van der Waals surface area (Å²) in [5.41, 5.74) is 0.592. The molecule has 15 heavy (non-hydrogen) atoms. The van der Waals surface area contributed by atoms with Crippen molar-refractivity contribution >= 4 is 18.8 Å². The number of halogens is 2. The van der Waals surface area contributed by atoms with Gasteiger partial charge in [0.1, 0.15) is 11.8 Å². The second kappa shape index (κ2) is 11.8. The van der Waals surface area contributed by atoms with Crippen LogP contribution in [0.2, 0.25) is 0 Å². The first-order valence-corrected chi connectivity index (χ1v) is 9.37. The molecular formula is C9H12Cl2N2OPt. The van der Waals surface area contributed by atoms with Gasteiger partial charge in [-0.2, -0.15) is 5.26 Å². The third-order valence-corrected chi connectivity index (χ3v) is 1.31. The monoisotopic (exact) mass is 429 g/mol. The molecule has 0 amide bonds. The van der Waals surface area contributed by atoms with Crippen molar-refractivity contribution in [2.45, 2.75) is 6.92 Å². The molecule has 0 heterocycles. The molecule has 1 rings (SSSR count). The summed E-state index contributed by atoms with van der Waals surface area (Å²) in [6, 6.07) is 9.26. The number of para-hydroxylation sites is 1. The molecule has 0 aliphatic rings. The number of nitrogens with zero attached hydrogens (tertiary/aromatic N) is 1. The van der Waals surface area contributed by atoms with E-state index in [1.165, 1.54) is 0 Å². The van der Waals surface area contributed by atoms with Gasteiger partial charge >= 0.3 is 35.3 Å². The molecule has 0 aliphatic heterocycles. The fourth-order valence-corrected chi connectivity index (χ4v) is 0.840. The van der Waals surface area contributed by atoms with E-state index in [2.05, 4.69) is 6.07 Å². The van der Waals surface area contributed by atoms with Crippen molar-refractivity contribution in [3.63, 3.8) is 0 Å². The Labute approximate surface area is 106 Å². The van der Waals surface area contributed by atoms with Crippen molar-refractivity contribution in [2.24, 2.45) is 0 Å². The SMILES string of the molecule is CCOc1ccccc1C#N.N.[Cl][Pt][Cl]. The first-order valence-electron chi connectivity index (χ1n) is 3.74. The minimum atomic E-state index is -0.472. The van der Waals surface area contributed by atoms with Crippen LogP contribution in [0.5, 0.6) is 5.75 Å². The third kappa shape index (κ3) is 7.64. The predicted octanol–water partition coefficient (Wildman–Crippen LogP) is 3.50. The first-order chi connectivity index (χ1) is 6.79. The summed E-state index contributed by atoms with van der Waals surface area (Å²) in [6.07, 6.45) is 0. The quantitative estimate of drug-likeness (QED) is 0.782. The molecule has 0 aliphatic carbocycles. The molecule has 3 N–H and O–H groups in total. The molecule has 0 bridgehead atoms. The van der Waals surface area contributed by atoms with Gasteiger partial charge in [-0.15, -0.1) is 0 Å². The Morgan fingerprint density at radius 1 is 1.40 bits per heavy atom. The zero-order valence-corrected chi connectivity index (χ0v) is 11.9. The number of nitriles is 1. The van der Waals surface area contributed by atoms with Crippen LogP contribution in [0.3, 0.4) is 0 Å². The Balaban J connectivity index is 0. The number of hydrogen-bond acceptors (Lipinski definition) is 3. The van der Waals surface area contributed by atoms with Crippen molar-refractivity contribution in [3.05, 3.63) is 29.8 Å². The van der Waals surface area contributed by atoms with Gasteiger partial charge in [0.15, 0.2) is 0 Å². The third-order valence-electron chi connectivity index (χ3n) is 1.31. The molecule has 0 saturated heterocycles. The molecule has 3 nitrogen and oxygen atoms in total. The molecule has 1 aromatic carbocycles. The van der Waals surface area contributed by atoms with E-state index < -0.39 is 16.5 Å². The number of ether oxygens (including phenoxy) is 1. The second-order valence-electron chi connectivity index (χ2n) is 2.09. The van der Waals surface area contributed by atoms with Crippen LogP contribution in [-0.2, 0) is 16.5 Å². The summed E-state index contributed by atoms with van der Waals surface area (Å²) in [5.74, 6) is 0.664. The maximum absolute atomic E-state index is 8.62. The summed E-state index contributed by atoms with van der Waals surface area (Å²) in [5, 5.41) is 8.62. The van der Waals surface area contributed by atoms with Gasteiger partial charge in [0.25, 0.3) is 0 Å². The molecule has 0 unspecified atom stereocenters. The second-order valence-corrected chi connectivity index (χ2v) is 5.37. The van der Waals surface area contributed by atoms with Crippen molar-refractivity contribution in [3.8, 4) is 11.8 Å². The van der Waals surface area contributed by atoms with Gasteiger partial charge in [-0.25, -0.2) is 0 Å². The Morgan fingerprint density at radius 3 is 2.40 bits per heavy atom. The van der Waals surface area contributed by atoms with E-state index in [0.29, 0.717) is 17.9 Å². The minimum absolute atomic E-state index is 0. The van der Waals surface area contributed by atoms with Crippen molar-refractivity contribution in [1.29, 1.82) is 5.26 Å². The number of hydrogen-bond donors (Lipinski definition) is 1. The van der Waals surface area contributed by atoms with E-state index >= 15 is 0 Å². The molecule has 6 heteroatoms. The van der Waals surface area contributed by atoms with Gasteiger partial charge in [-0.1, -0.05) is 12.1 Å². The Kier molecular flexibility index (Phi) is 13.5. The maximum atomic E-state index is 8.62.